The molecule has 0 saturated heterocycles. The first-order valence-electron chi connectivity index (χ1n) is 7.35. The molecule has 0 amide bonds. The van der Waals surface area contributed by atoms with Crippen LogP contribution in [0.25, 0.3) is 11.1 Å². The highest BCUT2D eigenvalue weighted by molar-refractivity contribution is 7.87. The Hall–Kier alpha value is -2.79. The van der Waals surface area contributed by atoms with E-state index >= 15 is 0 Å². The van der Waals surface area contributed by atoms with E-state index in [1.165, 1.54) is 12.1 Å². The van der Waals surface area contributed by atoms with Crippen molar-refractivity contribution in [2.75, 3.05) is 0 Å². The van der Waals surface area contributed by atoms with Crippen molar-refractivity contribution in [3.8, 4) is 22.6 Å². The van der Waals surface area contributed by atoms with Crippen LogP contribution >= 0.6 is 0 Å². The second-order valence-corrected chi connectivity index (χ2v) is 6.94. The van der Waals surface area contributed by atoms with E-state index in [9.17, 15) is 13.5 Å². The molecule has 1 N–H and O–H groups in total. The molecule has 24 heavy (non-hydrogen) atoms. The van der Waals surface area contributed by atoms with Crippen LogP contribution in [-0.2, 0) is 10.1 Å². The summed E-state index contributed by atoms with van der Waals surface area (Å²) in [7, 11) is -3.92. The summed E-state index contributed by atoms with van der Waals surface area (Å²) in [5.74, 6) is 0.383. The monoisotopic (exact) mass is 340 g/mol. The predicted molar refractivity (Wildman–Crippen MR) is 92.5 cm³/mol. The van der Waals surface area contributed by atoms with E-state index in [1.807, 2.05) is 6.92 Å². The molecule has 0 unspecified atom stereocenters. The summed E-state index contributed by atoms with van der Waals surface area (Å²) < 4.78 is 30.3. The van der Waals surface area contributed by atoms with Crippen LogP contribution in [0.2, 0.25) is 0 Å². The van der Waals surface area contributed by atoms with Crippen LogP contribution in [0.3, 0.4) is 0 Å². The predicted octanol–water partition coefficient (Wildman–Crippen LogP) is 4.14. The van der Waals surface area contributed by atoms with Crippen LogP contribution in [0, 0.1) is 6.92 Å². The fourth-order valence-corrected chi connectivity index (χ4v) is 3.24. The fourth-order valence-electron chi connectivity index (χ4n) is 2.29. The number of aromatic hydroxyl groups is 1. The average Bonchev–Trinajstić information content (AvgIpc) is 2.56. The van der Waals surface area contributed by atoms with E-state index < -0.39 is 10.1 Å². The zero-order valence-corrected chi connectivity index (χ0v) is 13.8. The highest BCUT2D eigenvalue weighted by Crippen LogP contribution is 2.32. The van der Waals surface area contributed by atoms with E-state index in [-0.39, 0.29) is 16.4 Å². The minimum absolute atomic E-state index is 0.105. The molecule has 3 aromatic rings. The van der Waals surface area contributed by atoms with Gasteiger partial charge in [0.15, 0.2) is 5.75 Å². The second kappa shape index (κ2) is 6.37. The summed E-state index contributed by atoms with van der Waals surface area (Å²) in [5.41, 5.74) is 2.36. The van der Waals surface area contributed by atoms with Gasteiger partial charge in [0.05, 0.1) is 0 Å². The molecule has 122 valence electrons. The lowest BCUT2D eigenvalue weighted by atomic mass is 10.0. The number of hydrogen-bond donors (Lipinski definition) is 1. The third-order valence-corrected chi connectivity index (χ3v) is 4.82. The van der Waals surface area contributed by atoms with Gasteiger partial charge in [-0.3, -0.25) is 0 Å². The maximum absolute atomic E-state index is 12.5. The Morgan fingerprint density at radius 2 is 1.46 bits per heavy atom. The van der Waals surface area contributed by atoms with E-state index in [1.54, 1.807) is 60.7 Å². The molecule has 0 aliphatic carbocycles. The van der Waals surface area contributed by atoms with Gasteiger partial charge in [0.2, 0.25) is 0 Å². The Balaban J connectivity index is 1.98. The Kier molecular flexibility index (Phi) is 4.27. The van der Waals surface area contributed by atoms with Gasteiger partial charge in [-0.2, -0.15) is 8.42 Å². The van der Waals surface area contributed by atoms with Crippen molar-refractivity contribution >= 4 is 10.1 Å². The van der Waals surface area contributed by atoms with Gasteiger partial charge in [0, 0.05) is 5.56 Å². The molecule has 4 nitrogen and oxygen atoms in total. The molecule has 0 bridgehead atoms. The van der Waals surface area contributed by atoms with Crippen LogP contribution in [-0.4, -0.2) is 13.5 Å². The minimum Gasteiger partial charge on any atom is -0.508 e. The number of para-hydroxylation sites is 1. The lowest BCUT2D eigenvalue weighted by Crippen LogP contribution is -2.10. The quantitative estimate of drug-likeness (QED) is 0.725. The molecule has 0 radical (unpaired) electrons. The lowest BCUT2D eigenvalue weighted by Gasteiger charge is -2.12. The van der Waals surface area contributed by atoms with Crippen molar-refractivity contribution in [2.45, 2.75) is 11.8 Å². The molecule has 0 atom stereocenters. The molecule has 0 saturated carbocycles. The molecule has 0 fully saturated rings. The number of aryl methyl sites for hydroxylation is 1. The number of phenols is 1. The highest BCUT2D eigenvalue weighted by atomic mass is 32.2. The Morgan fingerprint density at radius 3 is 2.12 bits per heavy atom. The van der Waals surface area contributed by atoms with Crippen LogP contribution in [0.15, 0.2) is 77.7 Å². The van der Waals surface area contributed by atoms with E-state index in [0.717, 1.165) is 11.1 Å². The average molecular weight is 340 g/mol. The zero-order valence-electron chi connectivity index (χ0n) is 13.0. The molecule has 0 heterocycles. The van der Waals surface area contributed by atoms with Gasteiger partial charge in [0.1, 0.15) is 10.6 Å². The van der Waals surface area contributed by atoms with Crippen molar-refractivity contribution in [1.29, 1.82) is 0 Å². The van der Waals surface area contributed by atoms with Gasteiger partial charge in [-0.05, 0) is 42.8 Å². The van der Waals surface area contributed by atoms with Gasteiger partial charge >= 0.3 is 10.1 Å². The van der Waals surface area contributed by atoms with Gasteiger partial charge in [-0.15, -0.1) is 0 Å². The molecule has 3 aromatic carbocycles. The van der Waals surface area contributed by atoms with Crippen LogP contribution in [0.5, 0.6) is 11.5 Å². The van der Waals surface area contributed by atoms with Crippen LogP contribution in [0.4, 0.5) is 0 Å². The molecule has 0 spiro atoms. The number of phenolic OH excluding ortho intramolecular Hbond substituents is 1. The summed E-state index contributed by atoms with van der Waals surface area (Å²) in [5, 5.41) is 9.40. The van der Waals surface area contributed by atoms with E-state index in [2.05, 4.69) is 0 Å². The van der Waals surface area contributed by atoms with Gasteiger partial charge in [-0.1, -0.05) is 48.0 Å². The maximum Gasteiger partial charge on any atom is 0.339 e. The summed E-state index contributed by atoms with van der Waals surface area (Å²) in [4.78, 5) is 0.105. The fraction of sp³-hybridized carbons (Fsp3) is 0.0526. The molecular formula is C19H16O4S. The first kappa shape index (κ1) is 16.1. The summed E-state index contributed by atoms with van der Waals surface area (Å²) in [6.45, 7) is 1.89. The Labute approximate surface area is 141 Å². The summed E-state index contributed by atoms with van der Waals surface area (Å²) in [6, 6.07) is 19.9. The molecular weight excluding hydrogens is 324 g/mol. The third-order valence-electron chi connectivity index (χ3n) is 3.57. The molecule has 0 aromatic heterocycles. The standard InChI is InChI=1S/C19H16O4S/c1-14-6-12-17(13-7-14)24(21,22)23-19-5-3-2-4-18(19)15-8-10-16(20)11-9-15/h2-13,20H,1H3. The summed E-state index contributed by atoms with van der Waals surface area (Å²) in [6.07, 6.45) is 0. The third kappa shape index (κ3) is 3.41. The van der Waals surface area contributed by atoms with Gasteiger partial charge in [0.25, 0.3) is 0 Å². The number of benzene rings is 3. The number of hydrogen-bond acceptors (Lipinski definition) is 4. The van der Waals surface area contributed by atoms with Gasteiger partial charge in [-0.25, -0.2) is 0 Å². The normalized spacial score (nSPS) is 11.2. The molecule has 0 aliphatic heterocycles. The highest BCUT2D eigenvalue weighted by Gasteiger charge is 2.18. The zero-order chi connectivity index (χ0) is 17.2. The van der Waals surface area contributed by atoms with E-state index in [4.69, 9.17) is 4.18 Å². The molecule has 5 heteroatoms. The molecule has 3 rings (SSSR count). The van der Waals surface area contributed by atoms with Crippen molar-refractivity contribution in [2.24, 2.45) is 0 Å². The topological polar surface area (TPSA) is 63.6 Å². The lowest BCUT2D eigenvalue weighted by molar-refractivity contribution is 0.475. The SMILES string of the molecule is Cc1ccc(S(=O)(=O)Oc2ccccc2-c2ccc(O)cc2)cc1. The Bertz CT molecular complexity index is 943. The van der Waals surface area contributed by atoms with Crippen molar-refractivity contribution < 1.29 is 17.7 Å². The van der Waals surface area contributed by atoms with Gasteiger partial charge < -0.3 is 9.29 Å². The smallest absolute Gasteiger partial charge is 0.339 e. The van der Waals surface area contributed by atoms with Crippen molar-refractivity contribution in [3.63, 3.8) is 0 Å². The summed E-state index contributed by atoms with van der Waals surface area (Å²) >= 11 is 0. The maximum atomic E-state index is 12.5. The first-order valence-corrected chi connectivity index (χ1v) is 8.76. The molecule has 0 aliphatic rings. The van der Waals surface area contributed by atoms with Crippen molar-refractivity contribution in [3.05, 3.63) is 78.4 Å². The first-order chi connectivity index (χ1) is 11.5. The van der Waals surface area contributed by atoms with Crippen molar-refractivity contribution in [1.82, 2.24) is 0 Å². The van der Waals surface area contributed by atoms with Crippen LogP contribution in [0.1, 0.15) is 5.56 Å². The van der Waals surface area contributed by atoms with E-state index in [0.29, 0.717) is 5.56 Å². The Morgan fingerprint density at radius 1 is 0.833 bits per heavy atom. The second-order valence-electron chi connectivity index (χ2n) is 5.39. The minimum atomic E-state index is -3.92. The largest absolute Gasteiger partial charge is 0.508 e. The van der Waals surface area contributed by atoms with Crippen LogP contribution < -0.4 is 4.18 Å². The number of rotatable bonds is 4.